The van der Waals surface area contributed by atoms with Gasteiger partial charge in [-0.25, -0.2) is 4.79 Å². The third-order valence-corrected chi connectivity index (χ3v) is 2.78. The van der Waals surface area contributed by atoms with Crippen LogP contribution in [0.5, 0.6) is 0 Å². The largest absolute Gasteiger partial charge is 0.465 e. The molecule has 84 valence electrons. The topological polar surface area (TPSA) is 52.3 Å². The molecule has 3 aromatic rings. The van der Waals surface area contributed by atoms with Crippen molar-refractivity contribution in [3.05, 3.63) is 42.2 Å². The summed E-state index contributed by atoms with van der Waals surface area (Å²) < 4.78 is 9.69. The van der Waals surface area contributed by atoms with Crippen LogP contribution in [-0.4, -0.2) is 18.2 Å². The minimum atomic E-state index is -0.408. The van der Waals surface area contributed by atoms with Crippen molar-refractivity contribution in [1.82, 2.24) is 5.16 Å². The summed E-state index contributed by atoms with van der Waals surface area (Å²) in [7, 11) is 1.35. The Hall–Kier alpha value is -2.36. The van der Waals surface area contributed by atoms with Crippen LogP contribution in [0.4, 0.5) is 0 Å². The van der Waals surface area contributed by atoms with Gasteiger partial charge in [-0.2, -0.15) is 0 Å². The van der Waals surface area contributed by atoms with Gasteiger partial charge >= 0.3 is 5.97 Å². The standard InChI is InChI=1S/C13H9NO3/c1-16-13(15)10-6-8-4-2-3-5-9(8)11-7-17-14-12(10)11/h2-7H,1H3. The van der Waals surface area contributed by atoms with Crippen LogP contribution in [-0.2, 0) is 4.74 Å². The molecule has 0 aliphatic rings. The first-order chi connectivity index (χ1) is 8.31. The van der Waals surface area contributed by atoms with Gasteiger partial charge < -0.3 is 9.26 Å². The van der Waals surface area contributed by atoms with Crippen molar-refractivity contribution >= 4 is 27.6 Å². The fourth-order valence-corrected chi connectivity index (χ4v) is 1.98. The van der Waals surface area contributed by atoms with E-state index in [2.05, 4.69) is 5.16 Å². The van der Waals surface area contributed by atoms with E-state index in [-0.39, 0.29) is 0 Å². The number of carbonyl (C=O) groups excluding carboxylic acids is 1. The molecule has 17 heavy (non-hydrogen) atoms. The van der Waals surface area contributed by atoms with Gasteiger partial charge in [0.15, 0.2) is 0 Å². The third-order valence-electron chi connectivity index (χ3n) is 2.78. The monoisotopic (exact) mass is 227 g/mol. The van der Waals surface area contributed by atoms with Gasteiger partial charge in [0, 0.05) is 0 Å². The summed E-state index contributed by atoms with van der Waals surface area (Å²) in [5.74, 6) is -0.408. The molecule has 0 atom stereocenters. The summed E-state index contributed by atoms with van der Waals surface area (Å²) >= 11 is 0. The number of methoxy groups -OCH3 is 1. The summed E-state index contributed by atoms with van der Waals surface area (Å²) in [5, 5.41) is 6.66. The number of nitrogens with zero attached hydrogens (tertiary/aromatic N) is 1. The average Bonchev–Trinajstić information content (AvgIpc) is 2.86. The highest BCUT2D eigenvalue weighted by Crippen LogP contribution is 2.28. The van der Waals surface area contributed by atoms with Gasteiger partial charge in [-0.15, -0.1) is 0 Å². The lowest BCUT2D eigenvalue weighted by Crippen LogP contribution is -2.02. The lowest BCUT2D eigenvalue weighted by atomic mass is 10.0. The fraction of sp³-hybridized carbons (Fsp3) is 0.0769. The second-order valence-corrected chi connectivity index (χ2v) is 3.71. The molecule has 1 heterocycles. The molecule has 2 aromatic carbocycles. The zero-order valence-corrected chi connectivity index (χ0v) is 9.14. The van der Waals surface area contributed by atoms with Crippen LogP contribution in [0, 0.1) is 0 Å². The van der Waals surface area contributed by atoms with E-state index < -0.39 is 5.97 Å². The average molecular weight is 227 g/mol. The van der Waals surface area contributed by atoms with Crippen molar-refractivity contribution < 1.29 is 14.1 Å². The van der Waals surface area contributed by atoms with Crippen molar-refractivity contribution in [2.24, 2.45) is 0 Å². The Bertz CT molecular complexity index is 715. The number of carbonyl (C=O) groups is 1. The van der Waals surface area contributed by atoms with Gasteiger partial charge in [0.2, 0.25) is 0 Å². The van der Waals surface area contributed by atoms with Crippen LogP contribution >= 0.6 is 0 Å². The highest BCUT2D eigenvalue weighted by atomic mass is 16.5. The van der Waals surface area contributed by atoms with Crippen LogP contribution in [0.25, 0.3) is 21.7 Å². The number of rotatable bonds is 1. The Morgan fingerprint density at radius 3 is 2.94 bits per heavy atom. The van der Waals surface area contributed by atoms with E-state index in [4.69, 9.17) is 9.26 Å². The van der Waals surface area contributed by atoms with Gasteiger partial charge in [0.05, 0.1) is 18.1 Å². The Kier molecular flexibility index (Phi) is 2.08. The van der Waals surface area contributed by atoms with Crippen molar-refractivity contribution in [3.63, 3.8) is 0 Å². The minimum absolute atomic E-state index is 0.408. The molecule has 0 saturated carbocycles. The smallest absolute Gasteiger partial charge is 0.340 e. The van der Waals surface area contributed by atoms with E-state index >= 15 is 0 Å². The Morgan fingerprint density at radius 1 is 1.29 bits per heavy atom. The molecule has 0 aliphatic heterocycles. The van der Waals surface area contributed by atoms with Gasteiger partial charge in [-0.1, -0.05) is 29.4 Å². The van der Waals surface area contributed by atoms with E-state index in [1.165, 1.54) is 7.11 Å². The summed E-state index contributed by atoms with van der Waals surface area (Å²) in [4.78, 5) is 11.7. The minimum Gasteiger partial charge on any atom is -0.465 e. The molecule has 0 radical (unpaired) electrons. The van der Waals surface area contributed by atoms with Gasteiger partial charge in [0.1, 0.15) is 11.8 Å². The summed E-state index contributed by atoms with van der Waals surface area (Å²) in [6.07, 6.45) is 1.55. The molecule has 4 heteroatoms. The molecule has 0 bridgehead atoms. The Labute approximate surface area is 96.8 Å². The molecule has 3 rings (SSSR count). The van der Waals surface area contributed by atoms with Gasteiger partial charge in [-0.3, -0.25) is 0 Å². The molecule has 0 aliphatic carbocycles. The van der Waals surface area contributed by atoms with E-state index in [0.29, 0.717) is 11.1 Å². The number of benzene rings is 2. The lowest BCUT2D eigenvalue weighted by Gasteiger charge is -2.03. The highest BCUT2D eigenvalue weighted by molar-refractivity contribution is 6.14. The second kappa shape index (κ2) is 3.59. The van der Waals surface area contributed by atoms with E-state index in [1.807, 2.05) is 24.3 Å². The maximum absolute atomic E-state index is 11.7. The number of fused-ring (bicyclic) bond motifs is 3. The quantitative estimate of drug-likeness (QED) is 0.600. The lowest BCUT2D eigenvalue weighted by molar-refractivity contribution is 0.0602. The zero-order chi connectivity index (χ0) is 11.8. The van der Waals surface area contributed by atoms with Gasteiger partial charge in [-0.05, 0) is 16.8 Å². The number of hydrogen-bond acceptors (Lipinski definition) is 4. The first-order valence-electron chi connectivity index (χ1n) is 5.15. The van der Waals surface area contributed by atoms with Crippen LogP contribution < -0.4 is 0 Å². The predicted octanol–water partition coefficient (Wildman–Crippen LogP) is 2.77. The Balaban J connectivity index is 2.48. The second-order valence-electron chi connectivity index (χ2n) is 3.71. The van der Waals surface area contributed by atoms with Crippen molar-refractivity contribution in [2.75, 3.05) is 7.11 Å². The van der Waals surface area contributed by atoms with Crippen LogP contribution in [0.1, 0.15) is 10.4 Å². The number of ether oxygens (including phenoxy) is 1. The van der Waals surface area contributed by atoms with Crippen LogP contribution in [0.15, 0.2) is 41.1 Å². The summed E-state index contributed by atoms with van der Waals surface area (Å²) in [5.41, 5.74) is 0.963. The van der Waals surface area contributed by atoms with Crippen LogP contribution in [0.2, 0.25) is 0 Å². The number of hydrogen-bond donors (Lipinski definition) is 0. The first kappa shape index (κ1) is 9.84. The summed E-state index contributed by atoms with van der Waals surface area (Å²) in [6, 6.07) is 9.53. The van der Waals surface area contributed by atoms with E-state index in [9.17, 15) is 4.79 Å². The molecule has 0 unspecified atom stereocenters. The SMILES string of the molecule is COC(=O)c1cc2ccccc2c2conc12. The van der Waals surface area contributed by atoms with Crippen molar-refractivity contribution in [2.45, 2.75) is 0 Å². The number of esters is 1. The molecule has 0 amide bonds. The molecule has 4 nitrogen and oxygen atoms in total. The van der Waals surface area contributed by atoms with Gasteiger partial charge in [0.25, 0.3) is 0 Å². The fourth-order valence-electron chi connectivity index (χ4n) is 1.98. The first-order valence-corrected chi connectivity index (χ1v) is 5.15. The van der Waals surface area contributed by atoms with E-state index in [0.717, 1.165) is 16.2 Å². The molecular weight excluding hydrogens is 218 g/mol. The number of aromatic nitrogens is 1. The normalized spacial score (nSPS) is 10.9. The molecule has 0 saturated heterocycles. The van der Waals surface area contributed by atoms with Crippen molar-refractivity contribution in [1.29, 1.82) is 0 Å². The van der Waals surface area contributed by atoms with E-state index in [1.54, 1.807) is 12.3 Å². The maximum atomic E-state index is 11.7. The molecular formula is C13H9NO3. The maximum Gasteiger partial charge on any atom is 0.340 e. The third kappa shape index (κ3) is 1.38. The molecule has 1 aromatic heterocycles. The highest BCUT2D eigenvalue weighted by Gasteiger charge is 2.16. The zero-order valence-electron chi connectivity index (χ0n) is 9.14. The van der Waals surface area contributed by atoms with Crippen LogP contribution in [0.3, 0.4) is 0 Å². The molecule has 0 fully saturated rings. The Morgan fingerprint density at radius 2 is 2.12 bits per heavy atom. The summed E-state index contributed by atoms with van der Waals surface area (Å²) in [6.45, 7) is 0. The molecule has 0 spiro atoms. The van der Waals surface area contributed by atoms with Crippen molar-refractivity contribution in [3.8, 4) is 0 Å². The molecule has 0 N–H and O–H groups in total. The predicted molar refractivity (Wildman–Crippen MR) is 62.9 cm³/mol.